The Morgan fingerprint density at radius 1 is 1.18 bits per heavy atom. The van der Waals surface area contributed by atoms with Gasteiger partial charge in [0.15, 0.2) is 0 Å². The third kappa shape index (κ3) is 8.17. The number of cyclic esters (lactones) is 1. The smallest absolute Gasteiger partial charge is 0.408 e. The van der Waals surface area contributed by atoms with Crippen molar-refractivity contribution in [1.82, 2.24) is 9.62 Å². The zero-order chi connectivity index (χ0) is 27.5. The third-order valence-electron chi connectivity index (χ3n) is 6.28. The number of hydrogen-bond acceptors (Lipinski definition) is 8. The van der Waals surface area contributed by atoms with Crippen LogP contribution >= 0.6 is 0 Å². The first kappa shape index (κ1) is 29.4. The normalized spacial score (nSPS) is 17.1. The lowest BCUT2D eigenvalue weighted by Crippen LogP contribution is -2.51. The first-order valence-electron chi connectivity index (χ1n) is 12.7. The summed E-state index contributed by atoms with van der Waals surface area (Å²) in [6.07, 6.45) is -0.393. The van der Waals surface area contributed by atoms with Gasteiger partial charge in [0, 0.05) is 25.6 Å². The summed E-state index contributed by atoms with van der Waals surface area (Å²) in [5.74, 6) is -0.219. The molecule has 0 spiro atoms. The SMILES string of the molecule is CCCCCN(C[C@@H](O)[C@H](Cc1ccccc1)NC(=O)O[C@H]1CCOC1=O)S(=O)(=O)c1cccc(OC)c1. The number of hydrogen-bond donors (Lipinski definition) is 2. The molecule has 0 radical (unpaired) electrons. The van der Waals surface area contributed by atoms with Gasteiger partial charge < -0.3 is 24.6 Å². The quantitative estimate of drug-likeness (QED) is 0.272. The van der Waals surface area contributed by atoms with Crippen molar-refractivity contribution in [3.05, 3.63) is 60.2 Å². The summed E-state index contributed by atoms with van der Waals surface area (Å²) in [5.41, 5.74) is 0.824. The number of carbonyl (C=O) groups excluding carboxylic acids is 2. The van der Waals surface area contributed by atoms with Crippen molar-refractivity contribution in [2.45, 2.75) is 62.2 Å². The zero-order valence-corrected chi connectivity index (χ0v) is 22.6. The standard InChI is InChI=1S/C27H36N2O8S/c1-3-4-8-15-29(38(33,34)22-13-9-12-21(18-22)35-2)19-24(30)23(17-20-10-6-5-7-11-20)28-27(32)37-25-14-16-36-26(25)31/h5-7,9-13,18,23-25,30H,3-4,8,14-17,19H2,1-2H3,(H,28,32)/t23-,24+,25-/m0/s1. The number of methoxy groups -OCH3 is 1. The van der Waals surface area contributed by atoms with E-state index in [0.717, 1.165) is 18.4 Å². The van der Waals surface area contributed by atoms with Gasteiger partial charge in [-0.25, -0.2) is 18.0 Å². The number of benzene rings is 2. The molecule has 11 heteroatoms. The van der Waals surface area contributed by atoms with E-state index in [9.17, 15) is 23.1 Å². The molecule has 0 bridgehead atoms. The van der Waals surface area contributed by atoms with E-state index in [1.165, 1.54) is 23.5 Å². The minimum atomic E-state index is -3.98. The van der Waals surface area contributed by atoms with Crippen molar-refractivity contribution < 1.29 is 37.3 Å². The highest BCUT2D eigenvalue weighted by Gasteiger charge is 2.34. The summed E-state index contributed by atoms with van der Waals surface area (Å²) >= 11 is 0. The second-order valence-corrected chi connectivity index (χ2v) is 11.0. The molecule has 3 rings (SSSR count). The van der Waals surface area contributed by atoms with E-state index in [1.807, 2.05) is 37.3 Å². The molecule has 2 aromatic rings. The summed E-state index contributed by atoms with van der Waals surface area (Å²) in [5, 5.41) is 13.9. The van der Waals surface area contributed by atoms with E-state index >= 15 is 0 Å². The van der Waals surface area contributed by atoms with Gasteiger partial charge in [0.2, 0.25) is 16.1 Å². The predicted molar refractivity (Wildman–Crippen MR) is 140 cm³/mol. The van der Waals surface area contributed by atoms with Gasteiger partial charge in [0.25, 0.3) is 0 Å². The number of nitrogens with one attached hydrogen (secondary N) is 1. The minimum Gasteiger partial charge on any atom is -0.497 e. The molecule has 10 nitrogen and oxygen atoms in total. The van der Waals surface area contributed by atoms with Crippen molar-refractivity contribution >= 4 is 22.1 Å². The van der Waals surface area contributed by atoms with Crippen molar-refractivity contribution in [3.8, 4) is 5.75 Å². The molecule has 1 aliphatic rings. The number of amides is 1. The highest BCUT2D eigenvalue weighted by molar-refractivity contribution is 7.89. The second kappa shape index (κ2) is 14.1. The molecule has 1 fully saturated rings. The summed E-state index contributed by atoms with van der Waals surface area (Å²) in [7, 11) is -2.52. The number of aliphatic hydroxyl groups excluding tert-OH is 1. The van der Waals surface area contributed by atoms with Gasteiger partial charge in [0.05, 0.1) is 30.8 Å². The highest BCUT2D eigenvalue weighted by Crippen LogP contribution is 2.22. The van der Waals surface area contributed by atoms with E-state index in [0.29, 0.717) is 12.2 Å². The van der Waals surface area contributed by atoms with Crippen LogP contribution in [-0.4, -0.2) is 74.9 Å². The number of unbranched alkanes of at least 4 members (excludes halogenated alkanes) is 2. The van der Waals surface area contributed by atoms with Gasteiger partial charge in [-0.3, -0.25) is 0 Å². The summed E-state index contributed by atoms with van der Waals surface area (Å²) < 4.78 is 43.7. The number of rotatable bonds is 14. The summed E-state index contributed by atoms with van der Waals surface area (Å²) in [4.78, 5) is 24.4. The van der Waals surface area contributed by atoms with Gasteiger partial charge in [-0.1, -0.05) is 56.2 Å². The van der Waals surface area contributed by atoms with E-state index in [2.05, 4.69) is 5.32 Å². The molecule has 38 heavy (non-hydrogen) atoms. The van der Waals surface area contributed by atoms with Crippen LogP contribution in [0.3, 0.4) is 0 Å². The fourth-order valence-corrected chi connectivity index (χ4v) is 5.68. The van der Waals surface area contributed by atoms with E-state index in [4.69, 9.17) is 14.2 Å². The molecule has 208 valence electrons. The highest BCUT2D eigenvalue weighted by atomic mass is 32.2. The Morgan fingerprint density at radius 3 is 2.61 bits per heavy atom. The number of sulfonamides is 1. The van der Waals surface area contributed by atoms with Crippen molar-refractivity contribution in [2.24, 2.45) is 0 Å². The number of ether oxygens (including phenoxy) is 3. The molecule has 0 unspecified atom stereocenters. The van der Waals surface area contributed by atoms with E-state index in [1.54, 1.807) is 12.1 Å². The van der Waals surface area contributed by atoms with Crippen LogP contribution in [0.2, 0.25) is 0 Å². The van der Waals surface area contributed by atoms with Crippen LogP contribution < -0.4 is 10.1 Å². The number of nitrogens with zero attached hydrogens (tertiary/aromatic N) is 1. The number of carbonyl (C=O) groups is 2. The molecule has 0 saturated carbocycles. The van der Waals surface area contributed by atoms with E-state index in [-0.39, 0.29) is 37.4 Å². The predicted octanol–water partition coefficient (Wildman–Crippen LogP) is 2.89. The van der Waals surface area contributed by atoms with E-state index < -0.39 is 40.3 Å². The average molecular weight is 549 g/mol. The van der Waals surface area contributed by atoms with Gasteiger partial charge >= 0.3 is 12.1 Å². The molecular formula is C27H36N2O8S. The van der Waals surface area contributed by atoms with Crippen LogP contribution in [0, 0.1) is 0 Å². The maximum absolute atomic E-state index is 13.6. The van der Waals surface area contributed by atoms with Crippen LogP contribution in [0.5, 0.6) is 5.75 Å². The van der Waals surface area contributed by atoms with Gasteiger partial charge in [-0.05, 0) is 30.5 Å². The minimum absolute atomic E-state index is 0.0484. The monoisotopic (exact) mass is 548 g/mol. The molecule has 1 heterocycles. The lowest BCUT2D eigenvalue weighted by Gasteiger charge is -2.30. The van der Waals surface area contributed by atoms with Gasteiger partial charge in [-0.15, -0.1) is 0 Å². The third-order valence-corrected chi connectivity index (χ3v) is 8.14. The summed E-state index contributed by atoms with van der Waals surface area (Å²) in [6, 6.07) is 14.5. The Balaban J connectivity index is 1.82. The molecule has 1 aliphatic heterocycles. The maximum atomic E-state index is 13.6. The Labute approximate surface area is 223 Å². The van der Waals surface area contributed by atoms with Crippen molar-refractivity contribution in [3.63, 3.8) is 0 Å². The molecule has 1 amide bonds. The molecular weight excluding hydrogens is 512 g/mol. The number of aliphatic hydroxyl groups is 1. The fourth-order valence-electron chi connectivity index (χ4n) is 4.14. The van der Waals surface area contributed by atoms with Crippen LogP contribution in [0.4, 0.5) is 4.79 Å². The largest absolute Gasteiger partial charge is 0.497 e. The molecule has 0 aliphatic carbocycles. The number of esters is 1. The zero-order valence-electron chi connectivity index (χ0n) is 21.7. The fraction of sp³-hybridized carbons (Fsp3) is 0.481. The lowest BCUT2D eigenvalue weighted by atomic mass is 10.0. The molecule has 2 N–H and O–H groups in total. The first-order valence-corrected chi connectivity index (χ1v) is 14.2. The average Bonchev–Trinajstić information content (AvgIpc) is 3.32. The Kier molecular flexibility index (Phi) is 10.9. The molecule has 0 aromatic heterocycles. The van der Waals surface area contributed by atoms with Crippen LogP contribution in [-0.2, 0) is 30.7 Å². The van der Waals surface area contributed by atoms with Crippen molar-refractivity contribution in [2.75, 3.05) is 26.8 Å². The molecule has 1 saturated heterocycles. The Bertz CT molecular complexity index is 1160. The number of alkyl carbamates (subject to hydrolysis) is 1. The van der Waals surface area contributed by atoms with Crippen molar-refractivity contribution in [1.29, 1.82) is 0 Å². The first-order chi connectivity index (χ1) is 18.2. The Hall–Kier alpha value is -3.15. The van der Waals surface area contributed by atoms with Crippen LogP contribution in [0.1, 0.15) is 38.2 Å². The maximum Gasteiger partial charge on any atom is 0.408 e. The second-order valence-electron chi connectivity index (χ2n) is 9.11. The van der Waals surface area contributed by atoms with Gasteiger partial charge in [0.1, 0.15) is 5.75 Å². The lowest BCUT2D eigenvalue weighted by molar-refractivity contribution is -0.144. The topological polar surface area (TPSA) is 131 Å². The van der Waals surface area contributed by atoms with Crippen LogP contribution in [0.25, 0.3) is 0 Å². The van der Waals surface area contributed by atoms with Gasteiger partial charge in [-0.2, -0.15) is 4.31 Å². The molecule has 3 atom stereocenters. The Morgan fingerprint density at radius 2 is 1.95 bits per heavy atom. The van der Waals surface area contributed by atoms with Crippen LogP contribution in [0.15, 0.2) is 59.5 Å². The summed E-state index contributed by atoms with van der Waals surface area (Å²) in [6.45, 7) is 2.12. The molecule has 2 aromatic carbocycles.